The average molecular weight is 336 g/mol. The lowest BCUT2D eigenvalue weighted by Gasteiger charge is -2.13. The summed E-state index contributed by atoms with van der Waals surface area (Å²) in [6, 6.07) is 3.05. The number of carboxylic acid groups (broad SMARTS) is 1. The molecule has 0 atom stereocenters. The number of carbonyl (C=O) groups is 1. The van der Waals surface area contributed by atoms with Crippen LogP contribution in [0.1, 0.15) is 24.2 Å². The number of ether oxygens (including phenoxy) is 2. The Kier molecular flexibility index (Phi) is 4.85. The Morgan fingerprint density at radius 3 is 2.44 bits per heavy atom. The Morgan fingerprint density at radius 1 is 1.31 bits per heavy atom. The van der Waals surface area contributed by atoms with Gasteiger partial charge in [-0.25, -0.2) is 4.79 Å². The lowest BCUT2D eigenvalue weighted by molar-refractivity contribution is 0.0696. The second-order valence-corrected chi connectivity index (χ2v) is 4.12. The number of aromatic carboxylic acids is 1. The first-order valence-corrected chi connectivity index (χ1v) is 6.00. The zero-order valence-corrected chi connectivity index (χ0v) is 11.3. The van der Waals surface area contributed by atoms with Gasteiger partial charge in [-0.3, -0.25) is 0 Å². The summed E-state index contributed by atoms with van der Waals surface area (Å²) in [5.74, 6) is 0.116. The summed E-state index contributed by atoms with van der Waals surface area (Å²) in [5.41, 5.74) is 0.205. The average Bonchev–Trinajstić information content (AvgIpc) is 2.23. The van der Waals surface area contributed by atoms with Gasteiger partial charge in [0.1, 0.15) is 0 Å². The van der Waals surface area contributed by atoms with E-state index < -0.39 is 5.97 Å². The molecule has 1 rings (SSSR count). The van der Waals surface area contributed by atoms with Gasteiger partial charge in [0.05, 0.1) is 22.3 Å². The Labute approximate surface area is 108 Å². The summed E-state index contributed by atoms with van der Waals surface area (Å²) in [4.78, 5) is 10.9. The normalized spacial score (nSPS) is 9.94. The smallest absolute Gasteiger partial charge is 0.335 e. The predicted molar refractivity (Wildman–Crippen MR) is 68.5 cm³/mol. The Morgan fingerprint density at radius 2 is 1.94 bits per heavy atom. The van der Waals surface area contributed by atoms with Crippen molar-refractivity contribution in [2.45, 2.75) is 13.8 Å². The molecular weight excluding hydrogens is 323 g/mol. The van der Waals surface area contributed by atoms with Crippen LogP contribution < -0.4 is 9.47 Å². The molecule has 0 fully saturated rings. The van der Waals surface area contributed by atoms with Crippen LogP contribution in [0.3, 0.4) is 0 Å². The van der Waals surface area contributed by atoms with Gasteiger partial charge in [-0.05, 0) is 48.6 Å². The highest BCUT2D eigenvalue weighted by Crippen LogP contribution is 2.34. The molecule has 1 aromatic carbocycles. The molecular formula is C11H13IO4. The number of hydrogen-bond acceptors (Lipinski definition) is 3. The minimum atomic E-state index is -0.970. The first kappa shape index (κ1) is 13.1. The number of hydrogen-bond donors (Lipinski definition) is 1. The third kappa shape index (κ3) is 3.01. The Bertz CT molecular complexity index is 390. The van der Waals surface area contributed by atoms with Crippen molar-refractivity contribution >= 4 is 28.6 Å². The fourth-order valence-corrected chi connectivity index (χ4v) is 2.00. The van der Waals surface area contributed by atoms with Crippen molar-refractivity contribution in [3.63, 3.8) is 0 Å². The third-order valence-electron chi connectivity index (χ3n) is 1.84. The molecule has 0 bridgehead atoms. The van der Waals surface area contributed by atoms with E-state index >= 15 is 0 Å². The molecule has 0 aliphatic heterocycles. The van der Waals surface area contributed by atoms with E-state index in [9.17, 15) is 4.79 Å². The van der Waals surface area contributed by atoms with Crippen LogP contribution >= 0.6 is 22.6 Å². The molecule has 16 heavy (non-hydrogen) atoms. The summed E-state index contributed by atoms with van der Waals surface area (Å²) in [6.07, 6.45) is 0. The topological polar surface area (TPSA) is 55.8 Å². The monoisotopic (exact) mass is 336 g/mol. The van der Waals surface area contributed by atoms with Crippen LogP contribution in [0.2, 0.25) is 0 Å². The zero-order chi connectivity index (χ0) is 12.1. The second-order valence-electron chi connectivity index (χ2n) is 2.96. The molecule has 5 heteroatoms. The third-order valence-corrected chi connectivity index (χ3v) is 2.65. The van der Waals surface area contributed by atoms with Crippen LogP contribution in [0.15, 0.2) is 12.1 Å². The van der Waals surface area contributed by atoms with Gasteiger partial charge in [0.15, 0.2) is 11.5 Å². The van der Waals surface area contributed by atoms with Crippen molar-refractivity contribution in [1.29, 1.82) is 0 Å². The maximum absolute atomic E-state index is 10.9. The highest BCUT2D eigenvalue weighted by molar-refractivity contribution is 14.1. The summed E-state index contributed by atoms with van der Waals surface area (Å²) < 4.78 is 11.5. The van der Waals surface area contributed by atoms with Crippen LogP contribution in [0.4, 0.5) is 0 Å². The molecule has 4 nitrogen and oxygen atoms in total. The quantitative estimate of drug-likeness (QED) is 0.840. The van der Waals surface area contributed by atoms with Gasteiger partial charge in [-0.15, -0.1) is 0 Å². The lowest BCUT2D eigenvalue weighted by Crippen LogP contribution is -2.04. The van der Waals surface area contributed by atoms with Crippen LogP contribution in [-0.2, 0) is 0 Å². The van der Waals surface area contributed by atoms with E-state index in [1.165, 1.54) is 6.07 Å². The summed E-state index contributed by atoms with van der Waals surface area (Å²) in [5, 5.41) is 8.92. The zero-order valence-electron chi connectivity index (χ0n) is 9.12. The maximum Gasteiger partial charge on any atom is 0.335 e. The van der Waals surface area contributed by atoms with Crippen molar-refractivity contribution in [2.24, 2.45) is 0 Å². The van der Waals surface area contributed by atoms with E-state index in [0.717, 1.165) is 3.57 Å². The van der Waals surface area contributed by atoms with Crippen molar-refractivity contribution in [3.05, 3.63) is 21.3 Å². The van der Waals surface area contributed by atoms with E-state index in [2.05, 4.69) is 0 Å². The van der Waals surface area contributed by atoms with Crippen molar-refractivity contribution in [3.8, 4) is 11.5 Å². The minimum Gasteiger partial charge on any atom is -0.490 e. The molecule has 0 spiro atoms. The molecule has 0 saturated carbocycles. The highest BCUT2D eigenvalue weighted by atomic mass is 127. The second kappa shape index (κ2) is 5.93. The SMILES string of the molecule is CCOc1cc(C(=O)O)cc(I)c1OCC. The molecule has 0 aromatic heterocycles. The van der Waals surface area contributed by atoms with E-state index in [0.29, 0.717) is 24.7 Å². The fraction of sp³-hybridized carbons (Fsp3) is 0.364. The maximum atomic E-state index is 10.9. The summed E-state index contributed by atoms with van der Waals surface area (Å²) >= 11 is 2.04. The fourth-order valence-electron chi connectivity index (χ4n) is 1.24. The first-order valence-electron chi connectivity index (χ1n) is 4.92. The van der Waals surface area contributed by atoms with E-state index in [4.69, 9.17) is 14.6 Å². The van der Waals surface area contributed by atoms with Crippen LogP contribution in [0, 0.1) is 3.57 Å². The highest BCUT2D eigenvalue weighted by Gasteiger charge is 2.14. The number of halogens is 1. The van der Waals surface area contributed by atoms with Crippen LogP contribution in [-0.4, -0.2) is 24.3 Å². The summed E-state index contributed by atoms with van der Waals surface area (Å²) in [6.45, 7) is 4.70. The summed E-state index contributed by atoms with van der Waals surface area (Å²) in [7, 11) is 0. The molecule has 0 heterocycles. The molecule has 0 unspecified atom stereocenters. The van der Waals surface area contributed by atoms with Crippen molar-refractivity contribution in [2.75, 3.05) is 13.2 Å². The number of carboxylic acids is 1. The molecule has 0 aliphatic rings. The Balaban J connectivity index is 3.21. The molecule has 1 N–H and O–H groups in total. The van der Waals surface area contributed by atoms with E-state index in [1.54, 1.807) is 6.07 Å². The van der Waals surface area contributed by atoms with Gasteiger partial charge in [0, 0.05) is 0 Å². The van der Waals surface area contributed by atoms with Crippen LogP contribution in [0.5, 0.6) is 11.5 Å². The van der Waals surface area contributed by atoms with Gasteiger partial charge >= 0.3 is 5.97 Å². The molecule has 0 amide bonds. The van der Waals surface area contributed by atoms with Crippen molar-refractivity contribution < 1.29 is 19.4 Å². The number of rotatable bonds is 5. The first-order chi connectivity index (χ1) is 7.60. The largest absolute Gasteiger partial charge is 0.490 e. The van der Waals surface area contributed by atoms with Gasteiger partial charge < -0.3 is 14.6 Å². The van der Waals surface area contributed by atoms with E-state index in [1.807, 2.05) is 36.4 Å². The van der Waals surface area contributed by atoms with Gasteiger partial charge in [0.2, 0.25) is 0 Å². The van der Waals surface area contributed by atoms with Gasteiger partial charge in [-0.2, -0.15) is 0 Å². The predicted octanol–water partition coefficient (Wildman–Crippen LogP) is 2.79. The lowest BCUT2D eigenvalue weighted by atomic mass is 10.2. The Hall–Kier alpha value is -0.980. The molecule has 0 radical (unpaired) electrons. The van der Waals surface area contributed by atoms with Gasteiger partial charge in [0.25, 0.3) is 0 Å². The van der Waals surface area contributed by atoms with Crippen molar-refractivity contribution in [1.82, 2.24) is 0 Å². The van der Waals surface area contributed by atoms with Crippen LogP contribution in [0.25, 0.3) is 0 Å². The van der Waals surface area contributed by atoms with Gasteiger partial charge in [-0.1, -0.05) is 0 Å². The standard InChI is InChI=1S/C11H13IO4/c1-3-15-9-6-7(11(13)14)5-8(12)10(9)16-4-2/h5-6H,3-4H2,1-2H3,(H,13,14). The molecule has 1 aromatic rings. The molecule has 0 aliphatic carbocycles. The minimum absolute atomic E-state index is 0.205. The molecule has 88 valence electrons. The molecule has 0 saturated heterocycles. The van der Waals surface area contributed by atoms with E-state index in [-0.39, 0.29) is 5.56 Å². The number of benzene rings is 1.